The number of hydrogen-bond donors (Lipinski definition) is 1. The fourth-order valence-electron chi connectivity index (χ4n) is 3.31. The molecule has 0 aromatic heterocycles. The zero-order valence-electron chi connectivity index (χ0n) is 12.5. The van der Waals surface area contributed by atoms with Crippen LogP contribution in [-0.2, 0) is 0 Å². The van der Waals surface area contributed by atoms with E-state index in [1.54, 1.807) is 0 Å². The van der Waals surface area contributed by atoms with Gasteiger partial charge in [-0.25, -0.2) is 0 Å². The van der Waals surface area contributed by atoms with Crippen LogP contribution >= 0.6 is 0 Å². The summed E-state index contributed by atoms with van der Waals surface area (Å²) in [5, 5.41) is 3.91. The van der Waals surface area contributed by atoms with E-state index in [0.717, 1.165) is 17.9 Å². The third kappa shape index (κ3) is 5.42. The summed E-state index contributed by atoms with van der Waals surface area (Å²) in [7, 11) is 0. The molecule has 0 saturated heterocycles. The van der Waals surface area contributed by atoms with Crippen molar-refractivity contribution in [2.75, 3.05) is 0 Å². The van der Waals surface area contributed by atoms with Gasteiger partial charge in [-0.1, -0.05) is 52.9 Å². The van der Waals surface area contributed by atoms with E-state index in [9.17, 15) is 0 Å². The molecule has 0 aromatic rings. The van der Waals surface area contributed by atoms with Crippen molar-refractivity contribution in [1.29, 1.82) is 0 Å². The first-order valence-electron chi connectivity index (χ1n) is 7.91. The van der Waals surface area contributed by atoms with Gasteiger partial charge >= 0.3 is 0 Å². The van der Waals surface area contributed by atoms with Gasteiger partial charge in [0.25, 0.3) is 0 Å². The largest absolute Gasteiger partial charge is 0.311 e. The molecule has 1 N–H and O–H groups in total. The molecule has 0 aromatic carbocycles. The predicted molar refractivity (Wildman–Crippen MR) is 77.3 cm³/mol. The van der Waals surface area contributed by atoms with E-state index < -0.39 is 0 Å². The molecule has 3 atom stereocenters. The molecule has 0 spiro atoms. The molecular weight excluding hydrogens is 206 g/mol. The second-order valence-electron chi connectivity index (χ2n) is 6.36. The highest BCUT2D eigenvalue weighted by molar-refractivity contribution is 4.84. The molecule has 102 valence electrons. The van der Waals surface area contributed by atoms with Crippen LogP contribution in [0.25, 0.3) is 0 Å². The Kier molecular flexibility index (Phi) is 7.18. The number of rotatable bonds is 7. The molecule has 0 bridgehead atoms. The summed E-state index contributed by atoms with van der Waals surface area (Å²) >= 11 is 0. The molecule has 1 rings (SSSR count). The van der Waals surface area contributed by atoms with Gasteiger partial charge in [0.1, 0.15) is 0 Å². The third-order valence-electron chi connectivity index (χ3n) is 4.42. The van der Waals surface area contributed by atoms with Gasteiger partial charge < -0.3 is 5.32 Å². The lowest BCUT2D eigenvalue weighted by Gasteiger charge is -2.37. The van der Waals surface area contributed by atoms with Crippen molar-refractivity contribution < 1.29 is 0 Å². The fourth-order valence-corrected chi connectivity index (χ4v) is 3.31. The molecule has 1 aliphatic rings. The van der Waals surface area contributed by atoms with Crippen molar-refractivity contribution in [3.05, 3.63) is 0 Å². The zero-order valence-corrected chi connectivity index (χ0v) is 12.5. The van der Waals surface area contributed by atoms with Crippen LogP contribution in [0, 0.1) is 11.8 Å². The summed E-state index contributed by atoms with van der Waals surface area (Å²) in [5.74, 6) is 1.76. The molecule has 1 aliphatic carbocycles. The molecule has 1 fully saturated rings. The van der Waals surface area contributed by atoms with Crippen molar-refractivity contribution in [2.24, 2.45) is 11.8 Å². The summed E-state index contributed by atoms with van der Waals surface area (Å²) < 4.78 is 0. The predicted octanol–water partition coefficient (Wildman–Crippen LogP) is 4.76. The molecule has 0 aliphatic heterocycles. The first-order chi connectivity index (χ1) is 8.15. The highest BCUT2D eigenvalue weighted by atomic mass is 15.0. The van der Waals surface area contributed by atoms with Gasteiger partial charge in [-0.3, -0.25) is 0 Å². The van der Waals surface area contributed by atoms with Gasteiger partial charge in [0.2, 0.25) is 0 Å². The number of unbranched alkanes of at least 4 members (excludes halogenated alkanes) is 2. The summed E-state index contributed by atoms with van der Waals surface area (Å²) in [5.41, 5.74) is 0. The summed E-state index contributed by atoms with van der Waals surface area (Å²) in [6.45, 7) is 9.45. The molecule has 1 saturated carbocycles. The van der Waals surface area contributed by atoms with E-state index in [1.807, 2.05) is 0 Å². The minimum atomic E-state index is 0.714. The Hall–Kier alpha value is -0.0400. The van der Waals surface area contributed by atoms with E-state index in [2.05, 4.69) is 33.0 Å². The maximum atomic E-state index is 3.91. The monoisotopic (exact) mass is 239 g/mol. The Morgan fingerprint density at radius 2 is 1.76 bits per heavy atom. The average molecular weight is 239 g/mol. The number of nitrogens with one attached hydrogen (secondary N) is 1. The first kappa shape index (κ1) is 15.0. The van der Waals surface area contributed by atoms with Gasteiger partial charge in [0, 0.05) is 12.1 Å². The quantitative estimate of drug-likeness (QED) is 0.632. The van der Waals surface area contributed by atoms with E-state index >= 15 is 0 Å². The normalized spacial score (nSPS) is 27.4. The second kappa shape index (κ2) is 8.13. The molecular formula is C16H33N. The first-order valence-corrected chi connectivity index (χ1v) is 7.91. The lowest BCUT2D eigenvalue weighted by atomic mass is 9.77. The second-order valence-corrected chi connectivity index (χ2v) is 6.36. The molecule has 1 nitrogen and oxygen atoms in total. The molecule has 0 radical (unpaired) electrons. The Morgan fingerprint density at radius 1 is 1.06 bits per heavy atom. The van der Waals surface area contributed by atoms with Gasteiger partial charge in [-0.05, 0) is 38.0 Å². The zero-order chi connectivity index (χ0) is 12.7. The SMILES string of the molecule is CCCCCC(C)NC1CCCCC1C(C)C. The topological polar surface area (TPSA) is 12.0 Å². The summed E-state index contributed by atoms with van der Waals surface area (Å²) in [6, 6.07) is 1.51. The summed E-state index contributed by atoms with van der Waals surface area (Å²) in [6.07, 6.45) is 11.2. The molecule has 0 amide bonds. The van der Waals surface area contributed by atoms with E-state index in [-0.39, 0.29) is 0 Å². The van der Waals surface area contributed by atoms with Crippen LogP contribution in [0.4, 0.5) is 0 Å². The minimum absolute atomic E-state index is 0.714. The Bertz CT molecular complexity index is 188. The maximum Gasteiger partial charge on any atom is 0.0100 e. The van der Waals surface area contributed by atoms with Crippen LogP contribution in [0.3, 0.4) is 0 Å². The summed E-state index contributed by atoms with van der Waals surface area (Å²) in [4.78, 5) is 0. The van der Waals surface area contributed by atoms with Crippen molar-refractivity contribution in [2.45, 2.75) is 91.1 Å². The van der Waals surface area contributed by atoms with Gasteiger partial charge in [-0.2, -0.15) is 0 Å². The minimum Gasteiger partial charge on any atom is -0.311 e. The standard InChI is InChI=1S/C16H33N/c1-5-6-7-10-14(4)17-16-12-9-8-11-15(16)13(2)3/h13-17H,5-12H2,1-4H3. The molecule has 1 heteroatoms. The Morgan fingerprint density at radius 3 is 2.41 bits per heavy atom. The van der Waals surface area contributed by atoms with Crippen LogP contribution < -0.4 is 5.32 Å². The highest BCUT2D eigenvalue weighted by Crippen LogP contribution is 2.30. The average Bonchev–Trinajstić information content (AvgIpc) is 2.29. The molecule has 3 unspecified atom stereocenters. The Labute approximate surface area is 109 Å². The van der Waals surface area contributed by atoms with E-state index in [1.165, 1.54) is 51.4 Å². The van der Waals surface area contributed by atoms with Crippen molar-refractivity contribution in [3.8, 4) is 0 Å². The van der Waals surface area contributed by atoms with Crippen LogP contribution in [0.2, 0.25) is 0 Å². The number of hydrogen-bond acceptors (Lipinski definition) is 1. The van der Waals surface area contributed by atoms with Crippen LogP contribution in [0.5, 0.6) is 0 Å². The maximum absolute atomic E-state index is 3.91. The van der Waals surface area contributed by atoms with Crippen LogP contribution in [-0.4, -0.2) is 12.1 Å². The van der Waals surface area contributed by atoms with Crippen molar-refractivity contribution in [3.63, 3.8) is 0 Å². The molecule has 0 heterocycles. The lowest BCUT2D eigenvalue weighted by Crippen LogP contribution is -2.44. The van der Waals surface area contributed by atoms with Gasteiger partial charge in [-0.15, -0.1) is 0 Å². The smallest absolute Gasteiger partial charge is 0.0100 e. The Balaban J connectivity index is 2.31. The van der Waals surface area contributed by atoms with E-state index in [0.29, 0.717) is 6.04 Å². The van der Waals surface area contributed by atoms with Crippen LogP contribution in [0.15, 0.2) is 0 Å². The highest BCUT2D eigenvalue weighted by Gasteiger charge is 2.27. The molecule has 17 heavy (non-hydrogen) atoms. The van der Waals surface area contributed by atoms with Gasteiger partial charge in [0.15, 0.2) is 0 Å². The van der Waals surface area contributed by atoms with Crippen molar-refractivity contribution >= 4 is 0 Å². The lowest BCUT2D eigenvalue weighted by molar-refractivity contribution is 0.192. The van der Waals surface area contributed by atoms with Crippen LogP contribution in [0.1, 0.15) is 79.1 Å². The van der Waals surface area contributed by atoms with Crippen molar-refractivity contribution in [1.82, 2.24) is 5.32 Å². The fraction of sp³-hybridized carbons (Fsp3) is 1.00. The van der Waals surface area contributed by atoms with E-state index in [4.69, 9.17) is 0 Å². The van der Waals surface area contributed by atoms with Gasteiger partial charge in [0.05, 0.1) is 0 Å². The third-order valence-corrected chi connectivity index (χ3v) is 4.42.